The topological polar surface area (TPSA) is 98.3 Å². The SMILES string of the molecule is [2H]C([2H])([2H])NC(=O)c1c(I)c(NC(C)=O)c(I)c(C(=O)[O-])c1I.[Na+]. The van der Waals surface area contributed by atoms with E-state index in [0.717, 1.165) is 0 Å². The number of nitrogens with one attached hydrogen (secondary N) is 2. The summed E-state index contributed by atoms with van der Waals surface area (Å²) < 4.78 is 21.7. The molecule has 0 fully saturated rings. The van der Waals surface area contributed by atoms with Crippen LogP contribution in [0.15, 0.2) is 0 Å². The number of halogens is 3. The third-order valence-corrected chi connectivity index (χ3v) is 5.40. The van der Waals surface area contributed by atoms with E-state index in [1.54, 1.807) is 73.1 Å². The third kappa shape index (κ3) is 4.89. The molecule has 2 N–H and O–H groups in total. The van der Waals surface area contributed by atoms with Gasteiger partial charge in [0.05, 0.1) is 20.8 Å². The summed E-state index contributed by atoms with van der Waals surface area (Å²) >= 11 is 5.11. The van der Waals surface area contributed by atoms with Crippen molar-refractivity contribution in [2.45, 2.75) is 6.92 Å². The number of rotatable bonds is 3. The van der Waals surface area contributed by atoms with Gasteiger partial charge in [-0.25, -0.2) is 0 Å². The summed E-state index contributed by atoms with van der Waals surface area (Å²) in [6, 6.07) is 0. The van der Waals surface area contributed by atoms with Gasteiger partial charge >= 0.3 is 29.6 Å². The summed E-state index contributed by atoms with van der Waals surface area (Å²) in [5.41, 5.74) is -0.314. The maximum Gasteiger partial charge on any atom is 1.00 e. The van der Waals surface area contributed by atoms with Gasteiger partial charge in [-0.2, -0.15) is 0 Å². The van der Waals surface area contributed by atoms with Crippen LogP contribution >= 0.6 is 67.8 Å². The van der Waals surface area contributed by atoms with Gasteiger partial charge in [0.1, 0.15) is 0 Å². The average Bonchev–Trinajstić information content (AvgIpc) is 2.31. The smallest absolute Gasteiger partial charge is 0.545 e. The fourth-order valence-corrected chi connectivity index (χ4v) is 5.76. The zero-order valence-corrected chi connectivity index (χ0v) is 19.2. The second-order valence-electron chi connectivity index (χ2n) is 3.49. The van der Waals surface area contributed by atoms with Gasteiger partial charge < -0.3 is 20.5 Å². The third-order valence-electron chi connectivity index (χ3n) is 2.16. The van der Waals surface area contributed by atoms with E-state index in [9.17, 15) is 19.5 Å². The van der Waals surface area contributed by atoms with Crippen LogP contribution in [0.1, 0.15) is 31.8 Å². The Hall–Kier alpha value is 0.820. The summed E-state index contributed by atoms with van der Waals surface area (Å²) in [5.74, 6) is -2.97. The van der Waals surface area contributed by atoms with Crippen molar-refractivity contribution in [1.29, 1.82) is 0 Å². The predicted octanol–water partition coefficient (Wildman–Crippen LogP) is -1.81. The van der Waals surface area contributed by atoms with Gasteiger partial charge in [0, 0.05) is 30.7 Å². The van der Waals surface area contributed by atoms with E-state index in [-0.39, 0.29) is 57.1 Å². The molecule has 0 saturated heterocycles. The second-order valence-corrected chi connectivity index (χ2v) is 6.73. The molecule has 0 saturated carbocycles. The summed E-state index contributed by atoms with van der Waals surface area (Å²) in [6.45, 7) is -1.51. The Morgan fingerprint density at radius 1 is 1.10 bits per heavy atom. The first-order valence-corrected chi connectivity index (χ1v) is 8.12. The van der Waals surface area contributed by atoms with Gasteiger partial charge in [0.2, 0.25) is 5.91 Å². The molecule has 0 aliphatic carbocycles. The Morgan fingerprint density at radius 3 is 2.05 bits per heavy atom. The van der Waals surface area contributed by atoms with Crippen molar-refractivity contribution in [2.24, 2.45) is 0 Å². The van der Waals surface area contributed by atoms with E-state index < -0.39 is 24.8 Å². The molecule has 108 valence electrons. The Balaban J connectivity index is 0.00000529. The largest absolute Gasteiger partial charge is 1.00 e. The van der Waals surface area contributed by atoms with Crippen LogP contribution in [0.4, 0.5) is 5.69 Å². The van der Waals surface area contributed by atoms with Crippen LogP contribution in [0.2, 0.25) is 0 Å². The number of carbonyl (C=O) groups excluding carboxylic acids is 3. The maximum atomic E-state index is 12.2. The first-order chi connectivity index (χ1) is 10.4. The van der Waals surface area contributed by atoms with Crippen LogP contribution in [-0.4, -0.2) is 24.8 Å². The van der Waals surface area contributed by atoms with E-state index in [0.29, 0.717) is 0 Å². The van der Waals surface area contributed by atoms with E-state index in [2.05, 4.69) is 5.32 Å². The molecular formula is C11H8I3N2NaO4. The number of aromatic carboxylic acids is 1. The molecule has 0 atom stereocenters. The van der Waals surface area contributed by atoms with E-state index in [1.165, 1.54) is 6.92 Å². The number of amides is 2. The summed E-state index contributed by atoms with van der Waals surface area (Å²) in [5, 5.41) is 15.6. The first kappa shape index (κ1) is 16.7. The zero-order valence-electron chi connectivity index (χ0n) is 13.8. The van der Waals surface area contributed by atoms with Crippen molar-refractivity contribution >= 4 is 91.2 Å². The van der Waals surface area contributed by atoms with E-state index in [4.69, 9.17) is 4.11 Å². The Bertz CT molecular complexity index is 713. The number of carbonyl (C=O) groups is 3. The van der Waals surface area contributed by atoms with Crippen LogP contribution in [0, 0.1) is 10.7 Å². The number of anilines is 1. The average molecular weight is 639 g/mol. The van der Waals surface area contributed by atoms with E-state index in [1.807, 2.05) is 0 Å². The summed E-state index contributed by atoms with van der Waals surface area (Å²) in [4.78, 5) is 34.9. The molecule has 0 bridgehead atoms. The minimum Gasteiger partial charge on any atom is -0.545 e. The van der Waals surface area contributed by atoms with Gasteiger partial charge in [0.25, 0.3) is 5.91 Å². The van der Waals surface area contributed by atoms with Crippen molar-refractivity contribution in [3.63, 3.8) is 0 Å². The van der Waals surface area contributed by atoms with Crippen molar-refractivity contribution in [3.8, 4) is 0 Å². The van der Waals surface area contributed by atoms with Gasteiger partial charge in [-0.05, 0) is 67.8 Å². The Kier molecular flexibility index (Phi) is 7.30. The van der Waals surface area contributed by atoms with Gasteiger partial charge in [-0.15, -0.1) is 0 Å². The van der Waals surface area contributed by atoms with Crippen LogP contribution in [0.25, 0.3) is 0 Å². The number of carboxylic acid groups (broad SMARTS) is 1. The Morgan fingerprint density at radius 2 is 1.62 bits per heavy atom. The van der Waals surface area contributed by atoms with Crippen molar-refractivity contribution < 1.29 is 53.2 Å². The molecule has 0 unspecified atom stereocenters. The molecule has 6 nitrogen and oxygen atoms in total. The van der Waals surface area contributed by atoms with E-state index >= 15 is 0 Å². The van der Waals surface area contributed by atoms with Crippen molar-refractivity contribution in [2.75, 3.05) is 12.3 Å². The molecule has 1 rings (SSSR count). The normalized spacial score (nSPS) is 12.3. The molecule has 0 heterocycles. The minimum absolute atomic E-state index is 0. The molecule has 0 aromatic heterocycles. The number of carboxylic acids is 1. The van der Waals surface area contributed by atoms with Crippen LogP contribution in [0.3, 0.4) is 0 Å². The van der Waals surface area contributed by atoms with Gasteiger partial charge in [-0.1, -0.05) is 0 Å². The molecule has 0 radical (unpaired) electrons. The molecule has 1 aromatic carbocycles. The molecule has 0 aliphatic rings. The predicted molar refractivity (Wildman–Crippen MR) is 96.6 cm³/mol. The Labute approximate surface area is 188 Å². The zero-order chi connectivity index (χ0) is 18.1. The number of hydrogen-bond donors (Lipinski definition) is 2. The number of hydrogen-bond acceptors (Lipinski definition) is 4. The first-order valence-electron chi connectivity index (χ1n) is 6.38. The van der Waals surface area contributed by atoms with Crippen molar-refractivity contribution in [3.05, 3.63) is 21.8 Å². The fourth-order valence-electron chi connectivity index (χ4n) is 1.39. The molecule has 10 heteroatoms. The molecule has 21 heavy (non-hydrogen) atoms. The fraction of sp³-hybridized carbons (Fsp3) is 0.182. The number of benzene rings is 1. The molecule has 0 aliphatic heterocycles. The standard InChI is InChI=1S/C11H9I3N2O4.Na/c1-3(17)16-9-7(13)4(10(18)15-2)6(12)5(8(9)14)11(19)20;/h1-2H3,(H,15,18)(H,16,17)(H,19,20);/q;+1/p-1/i2D3;. The van der Waals surface area contributed by atoms with Crippen LogP contribution < -0.4 is 45.3 Å². The van der Waals surface area contributed by atoms with Crippen LogP contribution in [-0.2, 0) is 4.79 Å². The molecule has 2 amide bonds. The van der Waals surface area contributed by atoms with Gasteiger partial charge in [-0.3, -0.25) is 9.59 Å². The van der Waals surface area contributed by atoms with Gasteiger partial charge in [0.15, 0.2) is 0 Å². The second kappa shape index (κ2) is 9.20. The summed E-state index contributed by atoms with van der Waals surface area (Å²) in [7, 11) is 0. The monoisotopic (exact) mass is 639 g/mol. The van der Waals surface area contributed by atoms with Crippen LogP contribution in [0.5, 0.6) is 0 Å². The minimum atomic E-state index is -2.73. The molecular weight excluding hydrogens is 628 g/mol. The molecule has 0 spiro atoms. The van der Waals surface area contributed by atoms with Crippen molar-refractivity contribution in [1.82, 2.24) is 5.32 Å². The maximum absolute atomic E-state index is 12.2. The molecule has 1 aromatic rings. The summed E-state index contributed by atoms with van der Waals surface area (Å²) in [6.07, 6.45) is 0. The quantitative estimate of drug-likeness (QED) is 0.301.